The zero-order valence-electron chi connectivity index (χ0n) is 21.5. The van der Waals surface area contributed by atoms with Gasteiger partial charge in [0.2, 0.25) is 0 Å². The van der Waals surface area contributed by atoms with Gasteiger partial charge in [0.25, 0.3) is 0 Å². The van der Waals surface area contributed by atoms with Crippen LogP contribution in [0.25, 0.3) is 28.1 Å². The van der Waals surface area contributed by atoms with Crippen molar-refractivity contribution >= 4 is 34.1 Å². The molecule has 0 aliphatic carbocycles. The van der Waals surface area contributed by atoms with Gasteiger partial charge in [-0.2, -0.15) is 5.10 Å². The van der Waals surface area contributed by atoms with E-state index in [1.54, 1.807) is 6.08 Å². The van der Waals surface area contributed by atoms with Gasteiger partial charge in [-0.25, -0.2) is 4.79 Å². The van der Waals surface area contributed by atoms with E-state index in [9.17, 15) is 4.79 Å². The van der Waals surface area contributed by atoms with Gasteiger partial charge in [-0.3, -0.25) is 5.10 Å². The zero-order valence-corrected chi connectivity index (χ0v) is 21.5. The van der Waals surface area contributed by atoms with Gasteiger partial charge in [-0.1, -0.05) is 75.6 Å². The topological polar surface area (TPSA) is 75.2 Å². The summed E-state index contributed by atoms with van der Waals surface area (Å²) in [7, 11) is 0. The number of rotatable bonds is 12. The summed E-state index contributed by atoms with van der Waals surface area (Å²) in [6.45, 7) is 5.11. The minimum absolute atomic E-state index is 0.726. The molecule has 2 N–H and O–H groups in total. The highest BCUT2D eigenvalue weighted by atomic mass is 16.5. The Morgan fingerprint density at radius 2 is 1.76 bits per heavy atom. The van der Waals surface area contributed by atoms with Crippen molar-refractivity contribution in [1.82, 2.24) is 10.2 Å². The van der Waals surface area contributed by atoms with Crippen molar-refractivity contribution in [3.8, 4) is 5.75 Å². The van der Waals surface area contributed by atoms with Crippen molar-refractivity contribution in [3.63, 3.8) is 0 Å². The van der Waals surface area contributed by atoms with Crippen molar-refractivity contribution in [2.24, 2.45) is 0 Å². The van der Waals surface area contributed by atoms with Crippen LogP contribution in [-0.4, -0.2) is 27.9 Å². The predicted octanol–water partition coefficient (Wildman–Crippen LogP) is 7.99. The maximum atomic E-state index is 10.9. The number of ether oxygens (including phenoxy) is 1. The van der Waals surface area contributed by atoms with Gasteiger partial charge in [0.1, 0.15) is 5.75 Å². The van der Waals surface area contributed by atoms with E-state index in [-0.39, 0.29) is 0 Å². The van der Waals surface area contributed by atoms with E-state index in [0.717, 1.165) is 70.0 Å². The average molecular weight is 495 g/mol. The van der Waals surface area contributed by atoms with Crippen LogP contribution in [0, 0.1) is 0 Å². The van der Waals surface area contributed by atoms with E-state index in [4.69, 9.17) is 9.84 Å². The molecule has 4 rings (SSSR count). The predicted molar refractivity (Wildman–Crippen MR) is 151 cm³/mol. The molecular formula is C32H34N2O3. The molecule has 0 saturated heterocycles. The smallest absolute Gasteiger partial charge is 0.328 e. The van der Waals surface area contributed by atoms with E-state index >= 15 is 0 Å². The van der Waals surface area contributed by atoms with Crippen molar-refractivity contribution in [3.05, 3.63) is 101 Å². The number of unbranched alkanes of at least 4 members (excludes halogenated alkanes) is 3. The summed E-state index contributed by atoms with van der Waals surface area (Å²) in [5.41, 5.74) is 7.49. The number of allylic oxidation sites excluding steroid dienone is 1. The van der Waals surface area contributed by atoms with Crippen molar-refractivity contribution in [2.75, 3.05) is 6.61 Å². The Labute approximate surface area is 218 Å². The number of benzene rings is 3. The van der Waals surface area contributed by atoms with Crippen LogP contribution in [-0.2, 0) is 4.79 Å². The lowest BCUT2D eigenvalue weighted by Gasteiger charge is -2.17. The monoisotopic (exact) mass is 494 g/mol. The first-order valence-electron chi connectivity index (χ1n) is 13.0. The van der Waals surface area contributed by atoms with E-state index in [1.165, 1.54) is 24.8 Å². The van der Waals surface area contributed by atoms with Gasteiger partial charge < -0.3 is 9.84 Å². The standard InChI is InChI=1S/C32H34N2O3/c1-3-5-6-7-19-37-28-10-8-9-25(21-28)29(4-2)32(26-16-17-30-27(20-26)22-33-34-30)24-14-11-23(12-15-24)13-18-31(35)36/h8-18,20-22H,3-7,19H2,1-2H3,(H,33,34)(H,35,36)/b18-13+,32-29+. The minimum atomic E-state index is -0.959. The van der Waals surface area contributed by atoms with Crippen molar-refractivity contribution < 1.29 is 14.6 Å². The average Bonchev–Trinajstić information content (AvgIpc) is 3.39. The minimum Gasteiger partial charge on any atom is -0.494 e. The number of nitrogens with one attached hydrogen (secondary N) is 1. The van der Waals surface area contributed by atoms with Gasteiger partial charge in [0.05, 0.1) is 18.3 Å². The number of carboxylic acids is 1. The van der Waals surface area contributed by atoms with Crippen LogP contribution in [0.1, 0.15) is 68.2 Å². The SMILES string of the molecule is CCCCCCOc1cccc(/C(CC)=C(\c2ccc(/C=C/C(=O)O)cc2)c2ccc3[nH]ncc3c2)c1. The largest absolute Gasteiger partial charge is 0.494 e. The highest BCUT2D eigenvalue weighted by Crippen LogP contribution is 2.36. The van der Waals surface area contributed by atoms with E-state index in [1.807, 2.05) is 24.4 Å². The summed E-state index contributed by atoms with van der Waals surface area (Å²) < 4.78 is 6.10. The molecule has 5 heteroatoms. The number of aromatic nitrogens is 2. The third-order valence-electron chi connectivity index (χ3n) is 6.45. The molecule has 0 fully saturated rings. The first-order valence-corrected chi connectivity index (χ1v) is 13.0. The van der Waals surface area contributed by atoms with E-state index in [0.29, 0.717) is 0 Å². The number of nitrogens with zero attached hydrogens (tertiary/aromatic N) is 1. The number of fused-ring (bicyclic) bond motifs is 1. The maximum Gasteiger partial charge on any atom is 0.328 e. The van der Waals surface area contributed by atoms with Crippen molar-refractivity contribution in [1.29, 1.82) is 0 Å². The second-order valence-electron chi connectivity index (χ2n) is 9.11. The lowest BCUT2D eigenvalue weighted by molar-refractivity contribution is -0.131. The molecular weight excluding hydrogens is 460 g/mol. The van der Waals surface area contributed by atoms with Gasteiger partial charge >= 0.3 is 5.97 Å². The zero-order chi connectivity index (χ0) is 26.0. The summed E-state index contributed by atoms with van der Waals surface area (Å²) >= 11 is 0. The molecule has 1 heterocycles. The molecule has 5 nitrogen and oxygen atoms in total. The number of carbonyl (C=O) groups is 1. The summed E-state index contributed by atoms with van der Waals surface area (Å²) in [5, 5.41) is 17.2. The van der Waals surface area contributed by atoms with E-state index < -0.39 is 5.97 Å². The highest BCUT2D eigenvalue weighted by molar-refractivity contribution is 6.00. The molecule has 0 unspecified atom stereocenters. The summed E-state index contributed by atoms with van der Waals surface area (Å²) in [6.07, 6.45) is 10.1. The normalized spacial score (nSPS) is 12.2. The second kappa shape index (κ2) is 12.7. The van der Waals surface area contributed by atoms with Crippen LogP contribution in [0.2, 0.25) is 0 Å². The third-order valence-corrected chi connectivity index (χ3v) is 6.45. The van der Waals surface area contributed by atoms with E-state index in [2.05, 4.69) is 72.6 Å². The van der Waals surface area contributed by atoms with Crippen LogP contribution >= 0.6 is 0 Å². The number of carboxylic acid groups (broad SMARTS) is 1. The highest BCUT2D eigenvalue weighted by Gasteiger charge is 2.15. The molecule has 0 atom stereocenters. The summed E-state index contributed by atoms with van der Waals surface area (Å²) in [4.78, 5) is 10.9. The first kappa shape index (κ1) is 26.0. The lowest BCUT2D eigenvalue weighted by atomic mass is 9.87. The van der Waals surface area contributed by atoms with Gasteiger partial charge in [0.15, 0.2) is 0 Å². The Morgan fingerprint density at radius 3 is 2.51 bits per heavy atom. The fourth-order valence-corrected chi connectivity index (χ4v) is 4.56. The Bertz CT molecular complexity index is 1400. The van der Waals surface area contributed by atoms with Gasteiger partial charge in [0, 0.05) is 11.5 Å². The number of aromatic amines is 1. The molecule has 37 heavy (non-hydrogen) atoms. The molecule has 0 aliphatic rings. The fourth-order valence-electron chi connectivity index (χ4n) is 4.56. The number of hydrogen-bond acceptors (Lipinski definition) is 3. The molecule has 0 amide bonds. The Hall–Kier alpha value is -4.12. The Kier molecular flexibility index (Phi) is 8.93. The molecule has 1 aromatic heterocycles. The molecule has 0 spiro atoms. The van der Waals surface area contributed by atoms with Gasteiger partial charge in [-0.15, -0.1) is 0 Å². The van der Waals surface area contributed by atoms with Crippen LogP contribution in [0.4, 0.5) is 0 Å². The molecule has 0 aliphatic heterocycles. The molecule has 0 bridgehead atoms. The molecule has 3 aromatic carbocycles. The molecule has 4 aromatic rings. The molecule has 190 valence electrons. The molecule has 0 radical (unpaired) electrons. The number of aliphatic carboxylic acids is 1. The van der Waals surface area contributed by atoms with Crippen LogP contribution in [0.5, 0.6) is 5.75 Å². The van der Waals surface area contributed by atoms with Gasteiger partial charge in [-0.05, 0) is 76.6 Å². The van der Waals surface area contributed by atoms with Crippen LogP contribution in [0.3, 0.4) is 0 Å². The quantitative estimate of drug-likeness (QED) is 0.119. The Morgan fingerprint density at radius 1 is 0.946 bits per heavy atom. The lowest BCUT2D eigenvalue weighted by Crippen LogP contribution is -1.99. The first-order chi connectivity index (χ1) is 18.1. The van der Waals surface area contributed by atoms with Crippen LogP contribution in [0.15, 0.2) is 79.0 Å². The number of H-pyrrole nitrogens is 1. The fraction of sp³-hybridized carbons (Fsp3) is 0.250. The number of hydrogen-bond donors (Lipinski definition) is 2. The Balaban J connectivity index is 1.76. The van der Waals surface area contributed by atoms with Crippen LogP contribution < -0.4 is 4.74 Å². The summed E-state index contributed by atoms with van der Waals surface area (Å²) in [6, 6.07) is 22.7. The second-order valence-corrected chi connectivity index (χ2v) is 9.11. The molecule has 0 saturated carbocycles. The summed E-state index contributed by atoms with van der Waals surface area (Å²) in [5.74, 6) is -0.0717. The third kappa shape index (κ3) is 6.76. The maximum absolute atomic E-state index is 10.9. The van der Waals surface area contributed by atoms with Crippen molar-refractivity contribution in [2.45, 2.75) is 46.0 Å².